The van der Waals surface area contributed by atoms with Crippen LogP contribution in [-0.4, -0.2) is 46.3 Å². The van der Waals surface area contributed by atoms with Crippen molar-refractivity contribution in [1.82, 2.24) is 20.2 Å². The van der Waals surface area contributed by atoms with Gasteiger partial charge in [-0.05, 0) is 86.6 Å². The summed E-state index contributed by atoms with van der Waals surface area (Å²) in [5, 5.41) is 11.8. The summed E-state index contributed by atoms with van der Waals surface area (Å²) < 4.78 is 54.5. The van der Waals surface area contributed by atoms with Gasteiger partial charge in [0.2, 0.25) is 5.91 Å². The molecule has 3 amide bonds. The molecule has 2 bridgehead atoms. The Bertz CT molecular complexity index is 1990. The van der Waals surface area contributed by atoms with Crippen LogP contribution in [0.4, 0.5) is 29.3 Å². The van der Waals surface area contributed by atoms with Crippen LogP contribution in [0.2, 0.25) is 0 Å². The molecule has 3 heterocycles. The molecule has 4 N–H and O–H groups in total. The number of carbonyl (C=O) groups excluding carboxylic acids is 2. The monoisotopic (exact) mass is 734 g/mol. The van der Waals surface area contributed by atoms with Gasteiger partial charge in [0, 0.05) is 18.7 Å². The fourth-order valence-corrected chi connectivity index (χ4v) is 8.90. The number of halogens is 3. The highest BCUT2D eigenvalue weighted by Gasteiger charge is 2.67. The number of urea groups is 1. The molecule has 5 aliphatic rings. The highest BCUT2D eigenvalue weighted by molar-refractivity contribution is 6.47. The predicted octanol–water partition coefficient (Wildman–Crippen LogP) is 6.33. The zero-order valence-corrected chi connectivity index (χ0v) is 30.8. The summed E-state index contributed by atoms with van der Waals surface area (Å²) in [5.74, 6) is 0.0663. The lowest BCUT2D eigenvalue weighted by molar-refractivity contribution is -0.185. The molecule has 2 aromatic carbocycles. The summed E-state index contributed by atoms with van der Waals surface area (Å²) >= 11 is 0. The molecule has 15 heteroatoms. The van der Waals surface area contributed by atoms with E-state index in [1.54, 1.807) is 19.1 Å². The van der Waals surface area contributed by atoms with Crippen molar-refractivity contribution in [3.63, 3.8) is 0 Å². The van der Waals surface area contributed by atoms with Gasteiger partial charge in [0.1, 0.15) is 17.6 Å². The molecule has 3 aliphatic carbocycles. The van der Waals surface area contributed by atoms with Crippen molar-refractivity contribution in [2.75, 3.05) is 10.6 Å². The molecule has 4 fully saturated rings. The fraction of sp³-hybridized carbons (Fsp3) is 0.526. The molecule has 282 valence electrons. The molecule has 53 heavy (non-hydrogen) atoms. The smallest absolute Gasteiger partial charge is 0.404 e. The third-order valence-corrected chi connectivity index (χ3v) is 12.2. The van der Waals surface area contributed by atoms with Gasteiger partial charge < -0.3 is 30.6 Å². The summed E-state index contributed by atoms with van der Waals surface area (Å²) in [6.07, 6.45) is -0.867. The Morgan fingerprint density at radius 1 is 1.08 bits per heavy atom. The molecule has 2 aliphatic heterocycles. The average Bonchev–Trinajstić information content (AvgIpc) is 3.61. The van der Waals surface area contributed by atoms with E-state index in [1.165, 1.54) is 22.9 Å². The number of hydrogen-bond donors (Lipinski definition) is 4. The van der Waals surface area contributed by atoms with Gasteiger partial charge in [-0.2, -0.15) is 13.2 Å². The number of benzene rings is 2. The van der Waals surface area contributed by atoms with Gasteiger partial charge in [0.05, 0.1) is 34.9 Å². The first-order valence-corrected chi connectivity index (χ1v) is 18.2. The van der Waals surface area contributed by atoms with Gasteiger partial charge in [0.25, 0.3) is 5.56 Å². The normalized spacial score (nSPS) is 28.7. The third-order valence-electron chi connectivity index (χ3n) is 12.2. The Hall–Kier alpha value is -4.37. The summed E-state index contributed by atoms with van der Waals surface area (Å²) in [6.45, 7) is 12.0. The number of hydrogen-bond acceptors (Lipinski definition) is 7. The predicted molar refractivity (Wildman–Crippen MR) is 194 cm³/mol. The van der Waals surface area contributed by atoms with Crippen LogP contribution in [0.15, 0.2) is 59.5 Å². The number of aryl methyl sites for hydroxylation is 1. The number of anilines is 2. The van der Waals surface area contributed by atoms with Crippen molar-refractivity contribution in [3.8, 4) is 0 Å². The van der Waals surface area contributed by atoms with Crippen LogP contribution in [0.3, 0.4) is 0 Å². The standard InChI is InChI=1S/C38H46BF3N6O5/c1-7-29(39-52-30-25-16-24(35(25,3)4)17-37(30,6)53-39)46-31(49)28-18-36(5,47-34(51)45-26-14-9-8-11-21(26)2)33-44-20-27(32(50)48(28)33)43-19-22-12-10-13-23(15-22)38(40,41)42/h8-15,20,24-25,28-30,43H,7,16-19H2,1-6H3,(H,46,49)(H2,45,47,51)/t24?,25?,28-,29-,30?,36+,37-/m0/s1. The Morgan fingerprint density at radius 3 is 2.53 bits per heavy atom. The van der Waals surface area contributed by atoms with Crippen LogP contribution in [0.25, 0.3) is 0 Å². The zero-order valence-electron chi connectivity index (χ0n) is 30.8. The van der Waals surface area contributed by atoms with Crippen molar-refractivity contribution >= 4 is 30.4 Å². The average molecular weight is 735 g/mol. The minimum Gasteiger partial charge on any atom is -0.404 e. The van der Waals surface area contributed by atoms with E-state index in [9.17, 15) is 27.6 Å². The molecule has 8 rings (SSSR count). The minimum absolute atomic E-state index is 0.000442. The van der Waals surface area contributed by atoms with E-state index < -0.39 is 59.5 Å². The molecule has 0 radical (unpaired) electrons. The van der Waals surface area contributed by atoms with Crippen LogP contribution in [0.5, 0.6) is 0 Å². The first kappa shape index (κ1) is 37.0. The Kier molecular flexibility index (Phi) is 9.20. The number of fused-ring (bicyclic) bond motifs is 1. The molecular weight excluding hydrogens is 688 g/mol. The third kappa shape index (κ3) is 6.60. The van der Waals surface area contributed by atoms with Gasteiger partial charge in [-0.25, -0.2) is 9.78 Å². The van der Waals surface area contributed by atoms with Gasteiger partial charge >= 0.3 is 19.3 Å². The number of para-hydroxylation sites is 1. The molecule has 3 unspecified atom stereocenters. The Labute approximate surface area is 307 Å². The fourth-order valence-electron chi connectivity index (χ4n) is 8.90. The van der Waals surface area contributed by atoms with E-state index in [2.05, 4.69) is 47.0 Å². The highest BCUT2D eigenvalue weighted by Crippen LogP contribution is 2.64. The maximum absolute atomic E-state index is 14.3. The lowest BCUT2D eigenvalue weighted by Gasteiger charge is -2.63. The minimum atomic E-state index is -4.52. The number of nitrogens with one attached hydrogen (secondary N) is 4. The van der Waals surface area contributed by atoms with E-state index in [1.807, 2.05) is 26.0 Å². The van der Waals surface area contributed by atoms with Crippen LogP contribution in [0, 0.1) is 24.2 Å². The lowest BCUT2D eigenvalue weighted by atomic mass is 9.45. The molecule has 3 aromatic rings. The second-order valence-electron chi connectivity index (χ2n) is 16.1. The molecule has 1 saturated heterocycles. The van der Waals surface area contributed by atoms with E-state index in [4.69, 9.17) is 9.31 Å². The number of rotatable bonds is 9. The van der Waals surface area contributed by atoms with Crippen LogP contribution in [0.1, 0.15) is 88.9 Å². The Morgan fingerprint density at radius 2 is 1.83 bits per heavy atom. The van der Waals surface area contributed by atoms with Crippen LogP contribution in [-0.2, 0) is 32.4 Å². The van der Waals surface area contributed by atoms with Crippen molar-refractivity contribution < 1.29 is 32.1 Å². The topological polar surface area (TPSA) is 136 Å². The maximum atomic E-state index is 14.3. The van der Waals surface area contributed by atoms with E-state index in [0.717, 1.165) is 30.5 Å². The second kappa shape index (κ2) is 13.2. The van der Waals surface area contributed by atoms with Crippen molar-refractivity contribution in [1.29, 1.82) is 0 Å². The number of aromatic nitrogens is 2. The van der Waals surface area contributed by atoms with Crippen molar-refractivity contribution in [3.05, 3.63) is 87.6 Å². The van der Waals surface area contributed by atoms with Crippen LogP contribution < -0.4 is 26.8 Å². The number of alkyl halides is 3. The quantitative estimate of drug-likeness (QED) is 0.189. The molecule has 7 atom stereocenters. The molecule has 0 spiro atoms. The van der Waals surface area contributed by atoms with E-state index in [-0.39, 0.29) is 36.0 Å². The first-order valence-electron chi connectivity index (χ1n) is 18.2. The largest absolute Gasteiger partial charge is 0.481 e. The van der Waals surface area contributed by atoms with E-state index >= 15 is 0 Å². The lowest BCUT2D eigenvalue weighted by Crippen LogP contribution is -2.63. The highest BCUT2D eigenvalue weighted by atomic mass is 19.4. The first-order chi connectivity index (χ1) is 24.9. The van der Waals surface area contributed by atoms with Gasteiger partial charge in [-0.15, -0.1) is 0 Å². The molecule has 11 nitrogen and oxygen atoms in total. The molecule has 3 saturated carbocycles. The van der Waals surface area contributed by atoms with Gasteiger partial charge in [0.15, 0.2) is 0 Å². The van der Waals surface area contributed by atoms with Gasteiger partial charge in [-0.3, -0.25) is 14.2 Å². The molecular formula is C38H46BF3N6O5. The summed E-state index contributed by atoms with van der Waals surface area (Å²) in [7, 11) is -0.685. The zero-order chi connectivity index (χ0) is 38.1. The maximum Gasteiger partial charge on any atom is 0.481 e. The summed E-state index contributed by atoms with van der Waals surface area (Å²) in [6, 6.07) is 10.4. The van der Waals surface area contributed by atoms with Crippen molar-refractivity contribution in [2.24, 2.45) is 17.3 Å². The number of carbonyl (C=O) groups is 2. The van der Waals surface area contributed by atoms with Gasteiger partial charge in [-0.1, -0.05) is 51.1 Å². The second-order valence-corrected chi connectivity index (χ2v) is 16.1. The number of nitrogens with zero attached hydrogens (tertiary/aromatic N) is 2. The van der Waals surface area contributed by atoms with Crippen molar-refractivity contribution in [2.45, 2.75) is 109 Å². The van der Waals surface area contributed by atoms with E-state index in [0.29, 0.717) is 29.5 Å². The summed E-state index contributed by atoms with van der Waals surface area (Å²) in [5.41, 5.74) is -1.24. The summed E-state index contributed by atoms with van der Waals surface area (Å²) in [4.78, 5) is 46.5. The number of amides is 3. The SMILES string of the molecule is CC[C@H](NC(=O)[C@@H]1C[C@@](C)(NC(=O)Nc2ccccc2C)c2ncc(NCc3cccc(C(F)(F)F)c3)c(=O)n21)B1OC2C3CC(C[C@]2(C)O1)C3(C)C. The van der Waals surface area contributed by atoms with Crippen LogP contribution >= 0.6 is 0 Å². The molecule has 1 aromatic heterocycles. The Balaban J connectivity index is 1.15.